The fourth-order valence-electron chi connectivity index (χ4n) is 1.38. The van der Waals surface area contributed by atoms with Gasteiger partial charge in [-0.3, -0.25) is 4.79 Å². The van der Waals surface area contributed by atoms with E-state index in [1.165, 1.54) is 12.1 Å². The van der Waals surface area contributed by atoms with Gasteiger partial charge in [0.25, 0.3) is 5.91 Å². The van der Waals surface area contributed by atoms with Gasteiger partial charge in [0.05, 0.1) is 5.56 Å². The molecule has 0 spiro atoms. The Balaban J connectivity index is 2.75. The molecular weight excluding hydrogens is 325 g/mol. The highest BCUT2D eigenvalue weighted by Crippen LogP contribution is 2.35. The monoisotopic (exact) mass is 338 g/mol. The summed E-state index contributed by atoms with van der Waals surface area (Å²) < 4.78 is 37.5. The van der Waals surface area contributed by atoms with E-state index >= 15 is 0 Å². The molecule has 3 nitrogen and oxygen atoms in total. The zero-order chi connectivity index (χ0) is 14.6. The van der Waals surface area contributed by atoms with Crippen LogP contribution in [0, 0.1) is 0 Å². The summed E-state index contributed by atoms with van der Waals surface area (Å²) in [5, 5.41) is 2.63. The molecular formula is C12H14BrF3N2O. The van der Waals surface area contributed by atoms with Crippen LogP contribution in [0.2, 0.25) is 0 Å². The van der Waals surface area contributed by atoms with E-state index in [9.17, 15) is 18.0 Å². The third kappa shape index (κ3) is 4.83. The molecule has 0 heterocycles. The minimum Gasteiger partial charge on any atom is -0.351 e. The van der Waals surface area contributed by atoms with Gasteiger partial charge in [-0.15, -0.1) is 0 Å². The number of halogens is 4. The predicted molar refractivity (Wildman–Crippen MR) is 70.0 cm³/mol. The fraction of sp³-hybridized carbons (Fsp3) is 0.417. The average Bonchev–Trinajstić information content (AvgIpc) is 2.26. The molecule has 1 aromatic carbocycles. The van der Waals surface area contributed by atoms with E-state index < -0.39 is 17.6 Å². The lowest BCUT2D eigenvalue weighted by Gasteiger charge is -2.12. The molecule has 0 aromatic heterocycles. The fourth-order valence-corrected chi connectivity index (χ4v) is 1.98. The van der Waals surface area contributed by atoms with E-state index in [2.05, 4.69) is 21.2 Å². The maximum absolute atomic E-state index is 12.5. The molecule has 0 saturated heterocycles. The molecule has 0 aliphatic carbocycles. The van der Waals surface area contributed by atoms with Gasteiger partial charge in [-0.1, -0.05) is 15.9 Å². The number of rotatable bonds is 4. The van der Waals surface area contributed by atoms with E-state index in [1.807, 2.05) is 19.0 Å². The van der Waals surface area contributed by atoms with Gasteiger partial charge in [0, 0.05) is 23.1 Å². The molecule has 1 aromatic rings. The Labute approximate surface area is 117 Å². The molecule has 0 unspecified atom stereocenters. The third-order valence-corrected chi connectivity index (χ3v) is 3.04. The lowest BCUT2D eigenvalue weighted by molar-refractivity contribution is -0.138. The Morgan fingerprint density at radius 3 is 2.47 bits per heavy atom. The molecule has 7 heteroatoms. The third-order valence-electron chi connectivity index (χ3n) is 2.38. The Morgan fingerprint density at radius 2 is 2.00 bits per heavy atom. The number of hydrogen-bond acceptors (Lipinski definition) is 2. The summed E-state index contributed by atoms with van der Waals surface area (Å²) in [5.74, 6) is -0.392. The topological polar surface area (TPSA) is 32.3 Å². The molecule has 1 N–H and O–H groups in total. The predicted octanol–water partition coefficient (Wildman–Crippen LogP) is 2.76. The van der Waals surface area contributed by atoms with Crippen LogP contribution in [0.25, 0.3) is 0 Å². The highest BCUT2D eigenvalue weighted by molar-refractivity contribution is 9.10. The minimum absolute atomic E-state index is 0.139. The Hall–Kier alpha value is -1.08. The van der Waals surface area contributed by atoms with Gasteiger partial charge >= 0.3 is 6.18 Å². The van der Waals surface area contributed by atoms with Crippen LogP contribution in [0.4, 0.5) is 13.2 Å². The molecule has 1 amide bonds. The van der Waals surface area contributed by atoms with E-state index in [-0.39, 0.29) is 10.0 Å². The zero-order valence-electron chi connectivity index (χ0n) is 10.5. The number of alkyl halides is 3. The standard InChI is InChI=1S/C12H14BrF3N2O/c1-18(2)6-5-17-11(19)8-3-4-9(10(13)7-8)12(14,15)16/h3-4,7H,5-6H2,1-2H3,(H,17,19). The molecule has 0 atom stereocenters. The maximum Gasteiger partial charge on any atom is 0.417 e. The van der Waals surface area contributed by atoms with Gasteiger partial charge in [0.15, 0.2) is 0 Å². The highest BCUT2D eigenvalue weighted by Gasteiger charge is 2.33. The number of carbonyl (C=O) groups excluding carboxylic acids is 1. The number of benzene rings is 1. The average molecular weight is 339 g/mol. The molecule has 0 saturated carbocycles. The first-order chi connectivity index (χ1) is 8.71. The Kier molecular flexibility index (Phi) is 5.37. The van der Waals surface area contributed by atoms with Gasteiger partial charge in [0.1, 0.15) is 0 Å². The van der Waals surface area contributed by atoms with Crippen molar-refractivity contribution in [3.63, 3.8) is 0 Å². The zero-order valence-corrected chi connectivity index (χ0v) is 12.1. The van der Waals surface area contributed by atoms with Crippen LogP contribution in [0.3, 0.4) is 0 Å². The van der Waals surface area contributed by atoms with E-state index in [4.69, 9.17) is 0 Å². The largest absolute Gasteiger partial charge is 0.417 e. The van der Waals surface area contributed by atoms with E-state index in [0.29, 0.717) is 13.1 Å². The van der Waals surface area contributed by atoms with Gasteiger partial charge in [-0.05, 0) is 32.3 Å². The summed E-state index contributed by atoms with van der Waals surface area (Å²) in [6, 6.07) is 3.23. The lowest BCUT2D eigenvalue weighted by Crippen LogP contribution is -2.31. The second kappa shape index (κ2) is 6.38. The number of nitrogens with one attached hydrogen (secondary N) is 1. The molecule has 0 radical (unpaired) electrons. The van der Waals surface area contributed by atoms with Crippen molar-refractivity contribution in [2.45, 2.75) is 6.18 Å². The van der Waals surface area contributed by atoms with Crippen LogP contribution >= 0.6 is 15.9 Å². The second-order valence-electron chi connectivity index (χ2n) is 4.25. The van der Waals surface area contributed by atoms with Crippen LogP contribution in [0.15, 0.2) is 22.7 Å². The van der Waals surface area contributed by atoms with Gasteiger partial charge in [-0.2, -0.15) is 13.2 Å². The van der Waals surface area contributed by atoms with Crippen molar-refractivity contribution in [3.05, 3.63) is 33.8 Å². The summed E-state index contributed by atoms with van der Waals surface area (Å²) in [5.41, 5.74) is -0.601. The van der Waals surface area contributed by atoms with Crippen LogP contribution in [0.1, 0.15) is 15.9 Å². The van der Waals surface area contributed by atoms with E-state index in [1.54, 1.807) is 0 Å². The van der Waals surface area contributed by atoms with Crippen molar-refractivity contribution in [2.75, 3.05) is 27.2 Å². The molecule has 0 aliphatic heterocycles. The highest BCUT2D eigenvalue weighted by atomic mass is 79.9. The number of nitrogens with zero attached hydrogens (tertiary/aromatic N) is 1. The molecule has 0 bridgehead atoms. The summed E-state index contributed by atoms with van der Waals surface area (Å²) in [6.07, 6.45) is -4.43. The molecule has 0 fully saturated rings. The SMILES string of the molecule is CN(C)CCNC(=O)c1ccc(C(F)(F)F)c(Br)c1. The summed E-state index contributed by atoms with van der Waals surface area (Å²) in [4.78, 5) is 13.6. The van der Waals surface area contributed by atoms with Crippen LogP contribution < -0.4 is 5.32 Å². The number of hydrogen-bond donors (Lipinski definition) is 1. The van der Waals surface area contributed by atoms with Crippen molar-refractivity contribution in [2.24, 2.45) is 0 Å². The van der Waals surface area contributed by atoms with Crippen molar-refractivity contribution in [1.29, 1.82) is 0 Å². The number of carbonyl (C=O) groups is 1. The van der Waals surface area contributed by atoms with Crippen molar-refractivity contribution in [1.82, 2.24) is 10.2 Å². The van der Waals surface area contributed by atoms with Gasteiger partial charge in [-0.25, -0.2) is 0 Å². The van der Waals surface area contributed by atoms with E-state index in [0.717, 1.165) is 6.07 Å². The van der Waals surface area contributed by atoms with Crippen LogP contribution in [0.5, 0.6) is 0 Å². The molecule has 0 aliphatic rings. The lowest BCUT2D eigenvalue weighted by atomic mass is 10.1. The maximum atomic E-state index is 12.5. The summed E-state index contributed by atoms with van der Waals surface area (Å²) in [7, 11) is 3.72. The first-order valence-corrected chi connectivity index (χ1v) is 6.31. The van der Waals surface area contributed by atoms with Crippen molar-refractivity contribution in [3.8, 4) is 0 Å². The second-order valence-corrected chi connectivity index (χ2v) is 5.11. The normalized spacial score (nSPS) is 11.7. The molecule has 1 rings (SSSR count). The Morgan fingerprint density at radius 1 is 1.37 bits per heavy atom. The first-order valence-electron chi connectivity index (χ1n) is 5.51. The van der Waals surface area contributed by atoms with Gasteiger partial charge in [0.2, 0.25) is 0 Å². The summed E-state index contributed by atoms with van der Waals surface area (Å²) >= 11 is 2.83. The van der Waals surface area contributed by atoms with Gasteiger partial charge < -0.3 is 10.2 Å². The van der Waals surface area contributed by atoms with Crippen molar-refractivity contribution >= 4 is 21.8 Å². The molecule has 19 heavy (non-hydrogen) atoms. The van der Waals surface area contributed by atoms with Crippen molar-refractivity contribution < 1.29 is 18.0 Å². The minimum atomic E-state index is -4.43. The quantitative estimate of drug-likeness (QED) is 0.915. The van der Waals surface area contributed by atoms with Crippen LogP contribution in [-0.4, -0.2) is 38.0 Å². The smallest absolute Gasteiger partial charge is 0.351 e. The Bertz CT molecular complexity index is 461. The molecule has 106 valence electrons. The first kappa shape index (κ1) is 16.0. The number of amides is 1. The van der Waals surface area contributed by atoms with Crippen LogP contribution in [-0.2, 0) is 6.18 Å². The number of likely N-dealkylation sites (N-methyl/N-ethyl adjacent to an activating group) is 1. The summed E-state index contributed by atoms with van der Waals surface area (Å²) in [6.45, 7) is 1.10.